The van der Waals surface area contributed by atoms with Gasteiger partial charge in [-0.05, 0) is 24.3 Å². The van der Waals surface area contributed by atoms with Gasteiger partial charge in [-0.2, -0.15) is 0 Å². The third-order valence-corrected chi connectivity index (χ3v) is 3.62. The predicted octanol–water partition coefficient (Wildman–Crippen LogP) is 1.69. The Morgan fingerprint density at radius 2 is 1.74 bits per heavy atom. The quantitative estimate of drug-likeness (QED) is 0.928. The summed E-state index contributed by atoms with van der Waals surface area (Å²) in [6.07, 6.45) is 4.99. The van der Waals surface area contributed by atoms with E-state index < -0.39 is 5.60 Å². The van der Waals surface area contributed by atoms with Crippen LogP contribution in [0.1, 0.15) is 5.76 Å². The molecule has 0 spiro atoms. The van der Waals surface area contributed by atoms with Crippen molar-refractivity contribution < 1.29 is 23.8 Å². The van der Waals surface area contributed by atoms with Gasteiger partial charge in [0, 0.05) is 18.2 Å². The van der Waals surface area contributed by atoms with Gasteiger partial charge in [-0.25, -0.2) is 0 Å². The van der Waals surface area contributed by atoms with Crippen molar-refractivity contribution >= 4 is 16.8 Å². The van der Waals surface area contributed by atoms with Gasteiger partial charge in [0.25, 0.3) is 0 Å². The average molecular weight is 314 g/mol. The summed E-state index contributed by atoms with van der Waals surface area (Å²) >= 11 is 0. The summed E-state index contributed by atoms with van der Waals surface area (Å²) in [5.41, 5.74) is -1.80. The number of carbonyl (C=O) groups excluding carboxylic acids is 1. The van der Waals surface area contributed by atoms with Gasteiger partial charge < -0.3 is 19.0 Å². The molecular formula is C17H14O6. The SMILES string of the molecule is COc1cc(OC)c2c(=O)cc(C3(O)C=CC(=O)C=C3)oc2c1. The number of allylic oxidation sites excluding steroid dienone is 2. The molecule has 1 aromatic carbocycles. The molecule has 1 heterocycles. The van der Waals surface area contributed by atoms with Crippen LogP contribution >= 0.6 is 0 Å². The molecule has 1 N–H and O–H groups in total. The van der Waals surface area contributed by atoms with Gasteiger partial charge >= 0.3 is 0 Å². The maximum Gasteiger partial charge on any atom is 0.196 e. The minimum absolute atomic E-state index is 0.00491. The van der Waals surface area contributed by atoms with Crippen LogP contribution in [0.25, 0.3) is 11.0 Å². The van der Waals surface area contributed by atoms with Crippen molar-refractivity contribution in [1.29, 1.82) is 0 Å². The van der Waals surface area contributed by atoms with E-state index in [4.69, 9.17) is 13.9 Å². The molecule has 3 rings (SSSR count). The summed E-state index contributed by atoms with van der Waals surface area (Å²) in [5, 5.41) is 10.8. The van der Waals surface area contributed by atoms with E-state index in [1.807, 2.05) is 0 Å². The lowest BCUT2D eigenvalue weighted by atomic mass is 9.94. The van der Waals surface area contributed by atoms with Gasteiger partial charge in [-0.3, -0.25) is 9.59 Å². The summed E-state index contributed by atoms with van der Waals surface area (Å²) < 4.78 is 16.0. The predicted molar refractivity (Wildman–Crippen MR) is 82.8 cm³/mol. The zero-order valence-corrected chi connectivity index (χ0v) is 12.5. The van der Waals surface area contributed by atoms with E-state index in [0.29, 0.717) is 11.5 Å². The van der Waals surface area contributed by atoms with Crippen LogP contribution in [0.2, 0.25) is 0 Å². The van der Waals surface area contributed by atoms with Gasteiger partial charge in [-0.1, -0.05) is 0 Å². The van der Waals surface area contributed by atoms with E-state index in [9.17, 15) is 14.7 Å². The molecule has 1 aromatic heterocycles. The fourth-order valence-corrected chi connectivity index (χ4v) is 2.40. The average Bonchev–Trinajstić information content (AvgIpc) is 2.56. The minimum Gasteiger partial charge on any atom is -0.496 e. The summed E-state index contributed by atoms with van der Waals surface area (Å²) in [7, 11) is 2.92. The van der Waals surface area contributed by atoms with E-state index in [-0.39, 0.29) is 27.9 Å². The highest BCUT2D eigenvalue weighted by atomic mass is 16.5. The van der Waals surface area contributed by atoms with Crippen LogP contribution in [-0.4, -0.2) is 25.1 Å². The van der Waals surface area contributed by atoms with Crippen LogP contribution in [0.15, 0.2) is 51.7 Å². The second-order valence-corrected chi connectivity index (χ2v) is 5.07. The van der Waals surface area contributed by atoms with Crippen molar-refractivity contribution in [3.63, 3.8) is 0 Å². The van der Waals surface area contributed by atoms with E-state index in [1.54, 1.807) is 6.07 Å². The van der Waals surface area contributed by atoms with Gasteiger partial charge in [0.1, 0.15) is 28.2 Å². The monoisotopic (exact) mass is 314 g/mol. The van der Waals surface area contributed by atoms with Crippen LogP contribution in [0.4, 0.5) is 0 Å². The van der Waals surface area contributed by atoms with E-state index in [0.717, 1.165) is 0 Å². The number of aliphatic hydroxyl groups is 1. The Hall–Kier alpha value is -2.86. The molecule has 23 heavy (non-hydrogen) atoms. The molecule has 0 saturated carbocycles. The van der Waals surface area contributed by atoms with Crippen molar-refractivity contribution in [1.82, 2.24) is 0 Å². The Bertz CT molecular complexity index is 887. The van der Waals surface area contributed by atoms with Crippen molar-refractivity contribution in [2.75, 3.05) is 14.2 Å². The number of methoxy groups -OCH3 is 2. The van der Waals surface area contributed by atoms with Gasteiger partial charge in [0.05, 0.1) is 14.2 Å². The maximum atomic E-state index is 12.4. The first-order chi connectivity index (χ1) is 11.0. The summed E-state index contributed by atoms with van der Waals surface area (Å²) in [6.45, 7) is 0. The minimum atomic E-state index is -1.66. The van der Waals surface area contributed by atoms with Gasteiger partial charge in [0.2, 0.25) is 0 Å². The lowest BCUT2D eigenvalue weighted by Gasteiger charge is -2.21. The number of rotatable bonds is 3. The first kappa shape index (κ1) is 15.1. The Balaban J connectivity index is 2.26. The molecule has 0 amide bonds. The van der Waals surface area contributed by atoms with Crippen molar-refractivity contribution in [2.24, 2.45) is 0 Å². The maximum absolute atomic E-state index is 12.4. The largest absolute Gasteiger partial charge is 0.496 e. The number of carbonyl (C=O) groups is 1. The Labute approximate surface area is 131 Å². The molecule has 0 fully saturated rings. The summed E-state index contributed by atoms with van der Waals surface area (Å²) in [6, 6.07) is 4.29. The highest BCUT2D eigenvalue weighted by Gasteiger charge is 2.30. The molecular weight excluding hydrogens is 300 g/mol. The fourth-order valence-electron chi connectivity index (χ4n) is 2.40. The van der Waals surface area contributed by atoms with E-state index in [1.165, 1.54) is 50.7 Å². The normalized spacial score (nSPS) is 15.9. The Morgan fingerprint density at radius 1 is 1.04 bits per heavy atom. The molecule has 6 heteroatoms. The van der Waals surface area contributed by atoms with Crippen molar-refractivity contribution in [3.05, 3.63) is 58.5 Å². The second kappa shape index (κ2) is 5.40. The first-order valence-electron chi connectivity index (χ1n) is 6.82. The molecule has 2 aromatic rings. The highest BCUT2D eigenvalue weighted by molar-refractivity contribution is 6.00. The number of ether oxygens (including phenoxy) is 2. The molecule has 0 saturated heterocycles. The molecule has 0 unspecified atom stereocenters. The lowest BCUT2D eigenvalue weighted by Crippen LogP contribution is -2.24. The van der Waals surface area contributed by atoms with Crippen LogP contribution in [0.3, 0.4) is 0 Å². The smallest absolute Gasteiger partial charge is 0.196 e. The van der Waals surface area contributed by atoms with Crippen LogP contribution in [-0.2, 0) is 10.4 Å². The number of hydrogen-bond acceptors (Lipinski definition) is 6. The van der Waals surface area contributed by atoms with E-state index >= 15 is 0 Å². The molecule has 6 nitrogen and oxygen atoms in total. The highest BCUT2D eigenvalue weighted by Crippen LogP contribution is 2.33. The number of hydrogen-bond donors (Lipinski definition) is 1. The standard InChI is InChI=1S/C17H14O6/c1-21-11-7-13(22-2)16-12(19)9-15(23-14(16)8-11)17(20)5-3-10(18)4-6-17/h3-9,20H,1-2H3. The number of benzene rings is 1. The lowest BCUT2D eigenvalue weighted by molar-refractivity contribution is -0.110. The molecule has 0 bridgehead atoms. The first-order valence-corrected chi connectivity index (χ1v) is 6.82. The van der Waals surface area contributed by atoms with Crippen molar-refractivity contribution in [3.8, 4) is 11.5 Å². The molecule has 118 valence electrons. The van der Waals surface area contributed by atoms with Crippen LogP contribution in [0, 0.1) is 0 Å². The molecule has 0 radical (unpaired) electrons. The van der Waals surface area contributed by atoms with Gasteiger partial charge in [0.15, 0.2) is 16.8 Å². The number of ketones is 1. The zero-order valence-electron chi connectivity index (χ0n) is 12.5. The third-order valence-electron chi connectivity index (χ3n) is 3.62. The van der Waals surface area contributed by atoms with Gasteiger partial charge in [-0.15, -0.1) is 0 Å². The molecule has 1 aliphatic rings. The summed E-state index contributed by atoms with van der Waals surface area (Å²) in [5.74, 6) is 0.523. The van der Waals surface area contributed by atoms with Crippen LogP contribution in [0.5, 0.6) is 11.5 Å². The Kier molecular flexibility index (Phi) is 3.54. The summed E-state index contributed by atoms with van der Waals surface area (Å²) in [4.78, 5) is 23.6. The molecule has 1 aliphatic carbocycles. The molecule has 0 aliphatic heterocycles. The fraction of sp³-hybridized carbons (Fsp3) is 0.176. The number of fused-ring (bicyclic) bond motifs is 1. The third kappa shape index (κ3) is 2.53. The van der Waals surface area contributed by atoms with E-state index in [2.05, 4.69) is 0 Å². The Morgan fingerprint density at radius 3 is 2.35 bits per heavy atom. The van der Waals surface area contributed by atoms with Crippen LogP contribution < -0.4 is 14.9 Å². The second-order valence-electron chi connectivity index (χ2n) is 5.07. The zero-order chi connectivity index (χ0) is 16.6. The van der Waals surface area contributed by atoms with Crippen molar-refractivity contribution in [2.45, 2.75) is 5.60 Å². The topological polar surface area (TPSA) is 86.0 Å². The molecule has 0 atom stereocenters.